The van der Waals surface area contributed by atoms with Crippen molar-refractivity contribution in [2.75, 3.05) is 7.11 Å². The third-order valence-electron chi connectivity index (χ3n) is 10.6. The molecule has 0 radical (unpaired) electrons. The number of hydrogen-bond donors (Lipinski definition) is 0. The second-order valence-corrected chi connectivity index (χ2v) is 11.8. The van der Waals surface area contributed by atoms with E-state index in [2.05, 4.69) is 26.0 Å². The van der Waals surface area contributed by atoms with Crippen molar-refractivity contribution in [3.63, 3.8) is 0 Å². The normalized spacial score (nSPS) is 42.5. The van der Waals surface area contributed by atoms with Crippen LogP contribution in [0.15, 0.2) is 23.3 Å². The number of carbonyl (C=O) groups is 2. The molecule has 6 atom stereocenters. The second kappa shape index (κ2) is 7.89. The van der Waals surface area contributed by atoms with Gasteiger partial charge < -0.3 is 4.74 Å². The second-order valence-electron chi connectivity index (χ2n) is 11.8. The number of methoxy groups -OCH3 is 1. The fourth-order valence-electron chi connectivity index (χ4n) is 8.76. The third-order valence-corrected chi connectivity index (χ3v) is 10.6. The number of allylic oxidation sites excluding steroid dienone is 3. The first-order valence-electron chi connectivity index (χ1n) is 12.9. The van der Waals surface area contributed by atoms with Crippen LogP contribution in [0.1, 0.15) is 90.9 Å². The molecule has 170 valence electrons. The Hall–Kier alpha value is -1.38. The van der Waals surface area contributed by atoms with Crippen LogP contribution in [0.25, 0.3) is 0 Å². The Bertz CT molecular complexity index is 816. The summed E-state index contributed by atoms with van der Waals surface area (Å²) in [7, 11) is 1.48. The van der Waals surface area contributed by atoms with Gasteiger partial charge in [0.2, 0.25) is 0 Å². The molecule has 0 aromatic rings. The van der Waals surface area contributed by atoms with Crippen molar-refractivity contribution in [3.05, 3.63) is 23.3 Å². The first-order valence-corrected chi connectivity index (χ1v) is 12.9. The highest BCUT2D eigenvalue weighted by Crippen LogP contribution is 2.66. The summed E-state index contributed by atoms with van der Waals surface area (Å²) < 4.78 is 5.00. The maximum atomic E-state index is 13.6. The first kappa shape index (κ1) is 21.5. The maximum absolute atomic E-state index is 13.6. The fraction of sp³-hybridized carbons (Fsp3) is 0.786. The fourth-order valence-corrected chi connectivity index (χ4v) is 8.76. The van der Waals surface area contributed by atoms with Crippen LogP contribution in [-0.4, -0.2) is 18.9 Å². The predicted octanol–water partition coefficient (Wildman–Crippen LogP) is 6.42. The number of Topliss-reactive ketones (excluding diaryl/α,β-unsaturated/α-hetero) is 1. The molecule has 0 aliphatic heterocycles. The highest BCUT2D eigenvalue weighted by atomic mass is 16.5. The summed E-state index contributed by atoms with van der Waals surface area (Å²) in [6.45, 7) is 4.92. The molecule has 0 bridgehead atoms. The van der Waals surface area contributed by atoms with Gasteiger partial charge in [0, 0.05) is 17.4 Å². The average molecular weight is 425 g/mol. The molecule has 5 rings (SSSR count). The standard InChI is InChI=1S/C28H40O3/c1-27-15-13-19(26(30)31-3)17-20(27)9-10-21-22-11-12-24(28(22,2)16-14-23(21)27)25(29)18-7-5-4-6-8-18/h9,17-18,21-24H,4-8,10-16H2,1-3H3/t21-,22-,23-,24+,27-,28-/m0/s1. The van der Waals surface area contributed by atoms with Crippen LogP contribution >= 0.6 is 0 Å². The Balaban J connectivity index is 1.39. The molecule has 0 amide bonds. The van der Waals surface area contributed by atoms with E-state index in [0.29, 0.717) is 35.4 Å². The highest BCUT2D eigenvalue weighted by molar-refractivity contribution is 5.89. The van der Waals surface area contributed by atoms with Gasteiger partial charge in [-0.2, -0.15) is 0 Å². The van der Waals surface area contributed by atoms with Gasteiger partial charge in [0.05, 0.1) is 7.11 Å². The van der Waals surface area contributed by atoms with E-state index in [0.717, 1.165) is 44.1 Å². The Morgan fingerprint density at radius 3 is 2.48 bits per heavy atom. The number of carbonyl (C=O) groups excluding carboxylic acids is 2. The number of hydrogen-bond acceptors (Lipinski definition) is 3. The van der Waals surface area contributed by atoms with E-state index in [1.165, 1.54) is 51.2 Å². The molecule has 0 spiro atoms. The van der Waals surface area contributed by atoms with E-state index in [1.807, 2.05) is 0 Å². The van der Waals surface area contributed by atoms with Gasteiger partial charge in [-0.05, 0) is 98.0 Å². The molecule has 3 saturated carbocycles. The largest absolute Gasteiger partial charge is 0.466 e. The molecular formula is C28H40O3. The summed E-state index contributed by atoms with van der Waals surface area (Å²) in [5.74, 6) is 3.18. The summed E-state index contributed by atoms with van der Waals surface area (Å²) in [6.07, 6.45) is 18.5. The van der Waals surface area contributed by atoms with Crippen LogP contribution in [0, 0.1) is 40.4 Å². The minimum atomic E-state index is -0.166. The monoisotopic (exact) mass is 424 g/mol. The van der Waals surface area contributed by atoms with Crippen LogP contribution < -0.4 is 0 Å². The van der Waals surface area contributed by atoms with Gasteiger partial charge in [0.15, 0.2) is 0 Å². The molecule has 0 unspecified atom stereocenters. The lowest BCUT2D eigenvalue weighted by Gasteiger charge is -2.57. The molecule has 0 heterocycles. The summed E-state index contributed by atoms with van der Waals surface area (Å²) in [5, 5.41) is 0. The van der Waals surface area contributed by atoms with Crippen molar-refractivity contribution in [1.82, 2.24) is 0 Å². The van der Waals surface area contributed by atoms with Crippen LogP contribution in [0.4, 0.5) is 0 Å². The molecule has 3 nitrogen and oxygen atoms in total. The van der Waals surface area contributed by atoms with Gasteiger partial charge in [0.1, 0.15) is 5.78 Å². The lowest BCUT2D eigenvalue weighted by molar-refractivity contribution is -0.136. The summed E-state index contributed by atoms with van der Waals surface area (Å²) in [5.41, 5.74) is 2.59. The molecule has 0 aromatic heterocycles. The zero-order valence-corrected chi connectivity index (χ0v) is 19.8. The number of ether oxygens (including phenoxy) is 1. The molecular weight excluding hydrogens is 384 g/mol. The summed E-state index contributed by atoms with van der Waals surface area (Å²) in [6, 6.07) is 0. The average Bonchev–Trinajstić information content (AvgIpc) is 3.15. The van der Waals surface area contributed by atoms with Crippen LogP contribution in [0.2, 0.25) is 0 Å². The molecule has 0 N–H and O–H groups in total. The quantitative estimate of drug-likeness (QED) is 0.491. The maximum Gasteiger partial charge on any atom is 0.333 e. The molecule has 3 heteroatoms. The minimum Gasteiger partial charge on any atom is -0.466 e. The van der Waals surface area contributed by atoms with Gasteiger partial charge >= 0.3 is 5.97 Å². The molecule has 5 aliphatic carbocycles. The lowest BCUT2D eigenvalue weighted by Crippen LogP contribution is -2.50. The van der Waals surface area contributed by atoms with Gasteiger partial charge in [-0.1, -0.05) is 39.2 Å². The van der Waals surface area contributed by atoms with Crippen molar-refractivity contribution in [1.29, 1.82) is 0 Å². The highest BCUT2D eigenvalue weighted by Gasteiger charge is 2.59. The van der Waals surface area contributed by atoms with Gasteiger partial charge in [-0.3, -0.25) is 4.79 Å². The van der Waals surface area contributed by atoms with Crippen molar-refractivity contribution in [2.45, 2.75) is 90.9 Å². The van der Waals surface area contributed by atoms with Crippen molar-refractivity contribution < 1.29 is 14.3 Å². The predicted molar refractivity (Wildman–Crippen MR) is 122 cm³/mol. The van der Waals surface area contributed by atoms with Gasteiger partial charge in [0.25, 0.3) is 0 Å². The molecule has 0 aromatic carbocycles. The van der Waals surface area contributed by atoms with E-state index >= 15 is 0 Å². The Kier molecular flexibility index (Phi) is 5.46. The van der Waals surface area contributed by atoms with Crippen molar-refractivity contribution in [2.24, 2.45) is 40.4 Å². The molecule has 5 aliphatic rings. The Labute approximate surface area is 188 Å². The van der Waals surface area contributed by atoms with E-state index in [9.17, 15) is 9.59 Å². The number of rotatable bonds is 3. The van der Waals surface area contributed by atoms with Crippen LogP contribution in [0.3, 0.4) is 0 Å². The lowest BCUT2D eigenvalue weighted by atomic mass is 9.47. The van der Waals surface area contributed by atoms with E-state index in [-0.39, 0.29) is 16.8 Å². The van der Waals surface area contributed by atoms with Crippen LogP contribution in [0.5, 0.6) is 0 Å². The number of esters is 1. The molecule has 31 heavy (non-hydrogen) atoms. The smallest absolute Gasteiger partial charge is 0.333 e. The Morgan fingerprint density at radius 2 is 1.74 bits per heavy atom. The minimum absolute atomic E-state index is 0.166. The van der Waals surface area contributed by atoms with Crippen molar-refractivity contribution in [3.8, 4) is 0 Å². The van der Waals surface area contributed by atoms with Gasteiger partial charge in [-0.25, -0.2) is 4.79 Å². The molecule has 0 saturated heterocycles. The first-order chi connectivity index (χ1) is 14.9. The zero-order valence-electron chi connectivity index (χ0n) is 19.8. The topological polar surface area (TPSA) is 43.4 Å². The summed E-state index contributed by atoms with van der Waals surface area (Å²) >= 11 is 0. The van der Waals surface area contributed by atoms with Gasteiger partial charge in [-0.15, -0.1) is 0 Å². The summed E-state index contributed by atoms with van der Waals surface area (Å²) in [4.78, 5) is 25.7. The number of ketones is 1. The number of fused-ring (bicyclic) bond motifs is 5. The van der Waals surface area contributed by atoms with Crippen LogP contribution in [-0.2, 0) is 14.3 Å². The zero-order chi connectivity index (χ0) is 21.8. The van der Waals surface area contributed by atoms with E-state index in [1.54, 1.807) is 0 Å². The van der Waals surface area contributed by atoms with E-state index < -0.39 is 0 Å². The SMILES string of the molecule is COC(=O)C1=CC2=CC[C@H]3[C@@H]4CC[C@H](C(=O)C5CCCCC5)[C@@]4(C)CC[C@@H]3[C@@]2(C)CC1. The molecule has 3 fully saturated rings. The Morgan fingerprint density at radius 1 is 0.968 bits per heavy atom. The van der Waals surface area contributed by atoms with E-state index in [4.69, 9.17) is 4.74 Å². The third kappa shape index (κ3) is 3.28. The van der Waals surface area contributed by atoms with Crippen molar-refractivity contribution >= 4 is 11.8 Å².